The second-order valence-electron chi connectivity index (χ2n) is 9.05. The van der Waals surface area contributed by atoms with Crippen LogP contribution in [-0.2, 0) is 6.54 Å². The maximum Gasteiger partial charge on any atom is 0.428 e. The average molecular weight is 527 g/mol. The van der Waals surface area contributed by atoms with Crippen molar-refractivity contribution >= 4 is 17.1 Å². The molecule has 1 aliphatic rings. The molecular weight excluding hydrogens is 508 g/mol. The number of alkyl halides is 4. The number of carbonyl (C=O) groups excluding carboxylic acids is 1. The Kier molecular flexibility index (Phi) is 5.47. The second-order valence-corrected chi connectivity index (χ2v) is 9.05. The number of nitrogens with one attached hydrogen (secondary N) is 2. The number of pyridine rings is 1. The summed E-state index contributed by atoms with van der Waals surface area (Å²) in [5.74, 6) is -0.250. The smallest absolute Gasteiger partial charge is 0.339 e. The van der Waals surface area contributed by atoms with E-state index in [-0.39, 0.29) is 23.1 Å². The van der Waals surface area contributed by atoms with Crippen LogP contribution in [0.5, 0.6) is 0 Å². The molecule has 0 spiro atoms. The van der Waals surface area contributed by atoms with Crippen LogP contribution < -0.4 is 10.00 Å². The molecule has 194 valence electrons. The first-order chi connectivity index (χ1) is 18.2. The van der Waals surface area contributed by atoms with Gasteiger partial charge in [0.1, 0.15) is 6.17 Å². The quantitative estimate of drug-likeness (QED) is 0.255. The molecule has 10 nitrogen and oxygen atoms in total. The molecule has 0 radical (unpaired) electrons. The lowest BCUT2D eigenvalue weighted by Gasteiger charge is -2.09. The van der Waals surface area contributed by atoms with Crippen molar-refractivity contribution in [3.05, 3.63) is 65.9 Å². The zero-order valence-electron chi connectivity index (χ0n) is 19.7. The second kappa shape index (κ2) is 8.75. The van der Waals surface area contributed by atoms with Crippen LogP contribution in [0.2, 0.25) is 0 Å². The van der Waals surface area contributed by atoms with E-state index in [2.05, 4.69) is 30.9 Å². The van der Waals surface area contributed by atoms with Gasteiger partial charge in [0.15, 0.2) is 0 Å². The lowest BCUT2D eigenvalue weighted by Crippen LogP contribution is -2.44. The van der Waals surface area contributed by atoms with Crippen molar-refractivity contribution in [2.24, 2.45) is 0 Å². The van der Waals surface area contributed by atoms with Crippen LogP contribution in [0, 0.1) is 6.92 Å². The highest BCUT2D eigenvalue weighted by Crippen LogP contribution is 2.43. The van der Waals surface area contributed by atoms with Crippen molar-refractivity contribution in [1.29, 1.82) is 0 Å². The van der Waals surface area contributed by atoms with Gasteiger partial charge < -0.3 is 9.84 Å². The highest BCUT2D eigenvalue weighted by Gasteiger charge is 2.43. The number of H-pyrrole nitrogens is 1. The predicted octanol–water partition coefficient (Wildman–Crippen LogP) is 4.01. The zero-order chi connectivity index (χ0) is 26.6. The molecule has 5 aromatic rings. The topological polar surface area (TPSA) is 118 Å². The Morgan fingerprint density at radius 3 is 2.79 bits per heavy atom. The first kappa shape index (κ1) is 23.8. The number of aromatic nitrogens is 7. The number of aromatic amines is 1. The maximum absolute atomic E-state index is 13.3. The summed E-state index contributed by atoms with van der Waals surface area (Å²) in [7, 11) is 0. The fraction of sp³-hybridized carbons (Fsp3) is 0.250. The van der Waals surface area contributed by atoms with Crippen LogP contribution in [0.25, 0.3) is 28.2 Å². The van der Waals surface area contributed by atoms with Crippen LogP contribution in [-0.4, -0.2) is 48.3 Å². The van der Waals surface area contributed by atoms with E-state index in [1.165, 1.54) is 23.1 Å². The van der Waals surface area contributed by atoms with E-state index < -0.39 is 24.8 Å². The number of hydrogen-bond acceptors (Lipinski definition) is 6. The van der Waals surface area contributed by atoms with Gasteiger partial charge in [0.05, 0.1) is 23.2 Å². The summed E-state index contributed by atoms with van der Waals surface area (Å²) in [6, 6.07) is 8.45. The van der Waals surface area contributed by atoms with Crippen molar-refractivity contribution in [2.75, 3.05) is 5.32 Å². The van der Waals surface area contributed by atoms with Gasteiger partial charge in [-0.2, -0.15) is 23.3 Å². The third kappa shape index (κ3) is 4.48. The number of halogens is 4. The molecule has 4 heterocycles. The summed E-state index contributed by atoms with van der Waals surface area (Å²) < 4.78 is 59.4. The van der Waals surface area contributed by atoms with Crippen LogP contribution in [0.15, 0.2) is 53.4 Å². The van der Waals surface area contributed by atoms with E-state index in [0.29, 0.717) is 34.6 Å². The molecule has 0 bridgehead atoms. The lowest BCUT2D eigenvalue weighted by atomic mass is 10.1. The molecule has 1 fully saturated rings. The van der Waals surface area contributed by atoms with Gasteiger partial charge in [0.25, 0.3) is 5.91 Å². The normalized spacial score (nSPS) is 17.2. The summed E-state index contributed by atoms with van der Waals surface area (Å²) in [5, 5.41) is 17.0. The molecule has 0 saturated heterocycles. The summed E-state index contributed by atoms with van der Waals surface area (Å²) in [6.45, 7) is 0.593. The molecule has 0 aliphatic heterocycles. The minimum absolute atomic E-state index is 0.214. The standard InChI is InChI=1S/C24H18F4N8O2/c1-12-2-3-13(21-32-23(38-33-21)15-7-17(15)25)6-18(12)31-22(37)16-8-30-35-10-14(4-5-19(16)35)20-9-29-34-36(20)11-24(26,27)28/h2-6,8-10,15,17H,7,11H2,1H3,(H,31,37)/p+1/t15-,17-/m0/s1. The minimum atomic E-state index is -4.43. The fourth-order valence-corrected chi connectivity index (χ4v) is 4.13. The molecule has 6 rings (SSSR count). The first-order valence-electron chi connectivity index (χ1n) is 11.5. The highest BCUT2D eigenvalue weighted by molar-refractivity contribution is 6.09. The number of fused-ring (bicyclic) bond motifs is 1. The van der Waals surface area contributed by atoms with Crippen LogP contribution in [0.1, 0.15) is 34.2 Å². The third-order valence-electron chi connectivity index (χ3n) is 6.27. The largest absolute Gasteiger partial charge is 0.428 e. The molecule has 0 unspecified atom stereocenters. The molecule has 1 amide bonds. The average Bonchev–Trinajstić information content (AvgIpc) is 3.29. The SMILES string of the molecule is Cc1ccc(-c2noc([C@H]3C[C@@H]3F)n2)cc1NC(=O)c1cnn2cc(-c3cn[nH][n+]3CC(F)(F)F)ccc12. The molecule has 1 aromatic carbocycles. The lowest BCUT2D eigenvalue weighted by molar-refractivity contribution is -0.762. The van der Waals surface area contributed by atoms with Crippen LogP contribution in [0.4, 0.5) is 23.2 Å². The Labute approximate surface area is 211 Å². The Morgan fingerprint density at radius 2 is 2.03 bits per heavy atom. The molecule has 1 saturated carbocycles. The fourth-order valence-electron chi connectivity index (χ4n) is 4.13. The summed E-state index contributed by atoms with van der Waals surface area (Å²) >= 11 is 0. The van der Waals surface area contributed by atoms with Crippen molar-refractivity contribution in [2.45, 2.75) is 38.2 Å². The number of hydrogen-bond donors (Lipinski definition) is 2. The Bertz CT molecular complexity index is 1670. The number of carbonyl (C=O) groups is 1. The Balaban J connectivity index is 1.24. The number of anilines is 1. The molecular formula is C24H19F4N8O2+. The first-order valence-corrected chi connectivity index (χ1v) is 11.5. The van der Waals surface area contributed by atoms with E-state index in [4.69, 9.17) is 4.52 Å². The summed E-state index contributed by atoms with van der Waals surface area (Å²) in [5.41, 5.74) is 3.25. The Hall–Kier alpha value is -4.62. The van der Waals surface area contributed by atoms with Gasteiger partial charge in [-0.15, -0.1) is 4.68 Å². The number of amides is 1. The van der Waals surface area contributed by atoms with E-state index in [9.17, 15) is 22.4 Å². The predicted molar refractivity (Wildman–Crippen MR) is 124 cm³/mol. The van der Waals surface area contributed by atoms with Crippen LogP contribution in [0.3, 0.4) is 0 Å². The monoisotopic (exact) mass is 527 g/mol. The molecule has 14 heteroatoms. The molecule has 4 aromatic heterocycles. The van der Waals surface area contributed by atoms with E-state index in [1.54, 1.807) is 30.3 Å². The van der Waals surface area contributed by atoms with Gasteiger partial charge >= 0.3 is 6.18 Å². The number of nitrogens with zero attached hydrogens (tertiary/aromatic N) is 6. The zero-order valence-corrected chi connectivity index (χ0v) is 19.7. The summed E-state index contributed by atoms with van der Waals surface area (Å²) in [6.07, 6.45) is -0.838. The highest BCUT2D eigenvalue weighted by atomic mass is 19.4. The van der Waals surface area contributed by atoms with Gasteiger partial charge in [-0.3, -0.25) is 4.79 Å². The van der Waals surface area contributed by atoms with Gasteiger partial charge in [-0.05, 0) is 37.1 Å². The van der Waals surface area contributed by atoms with E-state index >= 15 is 0 Å². The minimum Gasteiger partial charge on any atom is -0.339 e. The van der Waals surface area contributed by atoms with Crippen LogP contribution >= 0.6 is 0 Å². The van der Waals surface area contributed by atoms with Crippen molar-refractivity contribution in [3.63, 3.8) is 0 Å². The van der Waals surface area contributed by atoms with Crippen molar-refractivity contribution < 1.29 is 31.6 Å². The van der Waals surface area contributed by atoms with Gasteiger partial charge in [-0.25, -0.2) is 8.91 Å². The molecule has 2 atom stereocenters. The van der Waals surface area contributed by atoms with Gasteiger partial charge in [-0.1, -0.05) is 22.5 Å². The third-order valence-corrected chi connectivity index (χ3v) is 6.27. The van der Waals surface area contributed by atoms with Gasteiger partial charge in [0.2, 0.25) is 30.2 Å². The maximum atomic E-state index is 13.3. The van der Waals surface area contributed by atoms with E-state index in [1.807, 2.05) is 6.92 Å². The molecule has 2 N–H and O–H groups in total. The molecule has 38 heavy (non-hydrogen) atoms. The van der Waals surface area contributed by atoms with E-state index in [0.717, 1.165) is 10.2 Å². The number of benzene rings is 1. The van der Waals surface area contributed by atoms with Gasteiger partial charge in [0, 0.05) is 28.1 Å². The Morgan fingerprint density at radius 1 is 1.24 bits per heavy atom. The number of aryl methyl sites for hydroxylation is 1. The number of rotatable bonds is 6. The van der Waals surface area contributed by atoms with Crippen molar-refractivity contribution in [1.82, 2.24) is 30.1 Å². The summed E-state index contributed by atoms with van der Waals surface area (Å²) in [4.78, 5) is 17.4. The van der Waals surface area contributed by atoms with Crippen molar-refractivity contribution in [3.8, 4) is 22.6 Å². The molecule has 1 aliphatic carbocycles.